The van der Waals surface area contributed by atoms with Gasteiger partial charge in [-0.2, -0.15) is 0 Å². The first-order valence-electron chi connectivity index (χ1n) is 6.54. The predicted molar refractivity (Wildman–Crippen MR) is 77.4 cm³/mol. The van der Waals surface area contributed by atoms with Crippen LogP contribution < -0.4 is 9.47 Å². The SMILES string of the molecule is C1=C\c2cccc(c2)OCCCOc2cccc/1c2. The second kappa shape index (κ2) is 5.61. The minimum absolute atomic E-state index is 0.673. The van der Waals surface area contributed by atoms with Gasteiger partial charge < -0.3 is 9.47 Å². The number of rotatable bonds is 0. The van der Waals surface area contributed by atoms with E-state index in [1.54, 1.807) is 0 Å². The minimum atomic E-state index is 0.673. The lowest BCUT2D eigenvalue weighted by Crippen LogP contribution is -2.04. The van der Waals surface area contributed by atoms with E-state index < -0.39 is 0 Å². The van der Waals surface area contributed by atoms with E-state index >= 15 is 0 Å². The van der Waals surface area contributed by atoms with E-state index in [0.29, 0.717) is 13.2 Å². The summed E-state index contributed by atoms with van der Waals surface area (Å²) in [6.07, 6.45) is 5.05. The first-order chi connectivity index (χ1) is 9.40. The fraction of sp³-hybridized carbons (Fsp3) is 0.176. The van der Waals surface area contributed by atoms with Crippen molar-refractivity contribution >= 4 is 12.2 Å². The second-order valence-electron chi connectivity index (χ2n) is 4.53. The summed E-state index contributed by atoms with van der Waals surface area (Å²) >= 11 is 0. The largest absolute Gasteiger partial charge is 0.493 e. The third-order valence-corrected chi connectivity index (χ3v) is 3.01. The van der Waals surface area contributed by atoms with Crippen LogP contribution in [0.3, 0.4) is 0 Å². The Hall–Kier alpha value is -2.22. The van der Waals surface area contributed by atoms with Crippen LogP contribution in [0.2, 0.25) is 0 Å². The molecule has 0 radical (unpaired) electrons. The van der Waals surface area contributed by atoms with Crippen LogP contribution in [0.25, 0.3) is 12.2 Å². The number of hydrogen-bond donors (Lipinski definition) is 0. The third-order valence-electron chi connectivity index (χ3n) is 3.01. The first-order valence-corrected chi connectivity index (χ1v) is 6.54. The highest BCUT2D eigenvalue weighted by Gasteiger charge is 1.99. The highest BCUT2D eigenvalue weighted by atomic mass is 16.5. The van der Waals surface area contributed by atoms with Crippen molar-refractivity contribution in [3.05, 3.63) is 59.7 Å². The predicted octanol–water partition coefficient (Wildman–Crippen LogP) is 4.02. The summed E-state index contributed by atoms with van der Waals surface area (Å²) in [5.41, 5.74) is 2.28. The third kappa shape index (κ3) is 3.16. The molecule has 1 aliphatic heterocycles. The molecule has 0 unspecified atom stereocenters. The number of ether oxygens (including phenoxy) is 2. The van der Waals surface area contributed by atoms with Crippen molar-refractivity contribution in [3.63, 3.8) is 0 Å². The highest BCUT2D eigenvalue weighted by Crippen LogP contribution is 2.19. The molecule has 0 saturated carbocycles. The molecule has 2 aromatic rings. The quantitative estimate of drug-likeness (QED) is 0.705. The average molecular weight is 252 g/mol. The van der Waals surface area contributed by atoms with E-state index in [0.717, 1.165) is 29.0 Å². The summed E-state index contributed by atoms with van der Waals surface area (Å²) in [6.45, 7) is 1.35. The van der Waals surface area contributed by atoms with Gasteiger partial charge in [0, 0.05) is 6.42 Å². The summed E-state index contributed by atoms with van der Waals surface area (Å²) in [6, 6.07) is 16.3. The molecule has 0 atom stereocenters. The van der Waals surface area contributed by atoms with E-state index in [-0.39, 0.29) is 0 Å². The second-order valence-corrected chi connectivity index (χ2v) is 4.53. The van der Waals surface area contributed by atoms with Crippen LogP contribution in [0, 0.1) is 0 Å². The molecule has 0 spiro atoms. The van der Waals surface area contributed by atoms with Crippen LogP contribution in [-0.4, -0.2) is 13.2 Å². The standard InChI is InChI=1S/C17H16O2/c1-4-14-8-9-15-5-2-7-17(13-15)19-11-3-10-18-16(6-1)12-14/h1-2,4-9,12-13H,3,10-11H2/b9-8-. The van der Waals surface area contributed by atoms with Crippen molar-refractivity contribution in [3.8, 4) is 11.5 Å². The zero-order valence-corrected chi connectivity index (χ0v) is 10.7. The smallest absolute Gasteiger partial charge is 0.119 e. The number of fused-ring (bicyclic) bond motifs is 4. The Morgan fingerprint density at radius 1 is 0.684 bits per heavy atom. The fourth-order valence-electron chi connectivity index (χ4n) is 2.05. The summed E-state index contributed by atoms with van der Waals surface area (Å²) in [5.74, 6) is 1.82. The van der Waals surface area contributed by atoms with Gasteiger partial charge in [-0.15, -0.1) is 0 Å². The maximum atomic E-state index is 5.71. The molecule has 0 fully saturated rings. The molecule has 2 nitrogen and oxygen atoms in total. The summed E-state index contributed by atoms with van der Waals surface area (Å²) in [4.78, 5) is 0. The number of benzene rings is 2. The number of hydrogen-bond acceptors (Lipinski definition) is 2. The molecule has 2 heteroatoms. The van der Waals surface area contributed by atoms with Crippen molar-refractivity contribution in [1.82, 2.24) is 0 Å². The molecule has 0 aromatic heterocycles. The minimum Gasteiger partial charge on any atom is -0.493 e. The summed E-state index contributed by atoms with van der Waals surface area (Å²) in [7, 11) is 0. The zero-order valence-electron chi connectivity index (χ0n) is 10.7. The molecule has 0 N–H and O–H groups in total. The van der Waals surface area contributed by atoms with Crippen molar-refractivity contribution in [2.75, 3.05) is 13.2 Å². The molecule has 1 heterocycles. The molecule has 0 saturated heterocycles. The maximum Gasteiger partial charge on any atom is 0.119 e. The molecule has 19 heavy (non-hydrogen) atoms. The Kier molecular flexibility index (Phi) is 3.50. The Morgan fingerprint density at radius 3 is 1.74 bits per heavy atom. The van der Waals surface area contributed by atoms with Crippen molar-refractivity contribution in [1.29, 1.82) is 0 Å². The average Bonchev–Trinajstić information content (AvgIpc) is 2.46. The molecular formula is C17H16O2. The van der Waals surface area contributed by atoms with Crippen LogP contribution in [-0.2, 0) is 0 Å². The Balaban J connectivity index is 1.94. The van der Waals surface area contributed by atoms with Crippen LogP contribution in [0.15, 0.2) is 48.5 Å². The van der Waals surface area contributed by atoms with Gasteiger partial charge in [0.05, 0.1) is 13.2 Å². The molecule has 3 rings (SSSR count). The molecule has 1 aliphatic rings. The monoisotopic (exact) mass is 252 g/mol. The lowest BCUT2D eigenvalue weighted by molar-refractivity contribution is 0.247. The lowest BCUT2D eigenvalue weighted by atomic mass is 10.1. The molecular weight excluding hydrogens is 236 g/mol. The van der Waals surface area contributed by atoms with E-state index in [1.165, 1.54) is 0 Å². The van der Waals surface area contributed by atoms with Crippen LogP contribution in [0.1, 0.15) is 17.5 Å². The van der Waals surface area contributed by atoms with Gasteiger partial charge in [0.1, 0.15) is 11.5 Å². The molecule has 96 valence electrons. The molecule has 0 aliphatic carbocycles. The molecule has 2 aromatic carbocycles. The summed E-state index contributed by atoms with van der Waals surface area (Å²) in [5, 5.41) is 0. The van der Waals surface area contributed by atoms with Gasteiger partial charge in [-0.3, -0.25) is 0 Å². The Labute approximate surface area is 113 Å². The topological polar surface area (TPSA) is 18.5 Å². The maximum absolute atomic E-state index is 5.71. The van der Waals surface area contributed by atoms with Gasteiger partial charge in [-0.25, -0.2) is 0 Å². The van der Waals surface area contributed by atoms with Crippen LogP contribution >= 0.6 is 0 Å². The van der Waals surface area contributed by atoms with Crippen molar-refractivity contribution in [2.24, 2.45) is 0 Å². The fourth-order valence-corrected chi connectivity index (χ4v) is 2.05. The van der Waals surface area contributed by atoms with E-state index in [2.05, 4.69) is 36.4 Å². The molecule has 0 amide bonds. The van der Waals surface area contributed by atoms with E-state index in [4.69, 9.17) is 9.47 Å². The van der Waals surface area contributed by atoms with Crippen LogP contribution in [0.5, 0.6) is 11.5 Å². The van der Waals surface area contributed by atoms with Gasteiger partial charge in [0.15, 0.2) is 0 Å². The van der Waals surface area contributed by atoms with Gasteiger partial charge in [0.2, 0.25) is 0 Å². The Bertz CT molecular complexity index is 536. The van der Waals surface area contributed by atoms with Gasteiger partial charge in [-0.05, 0) is 35.4 Å². The first kappa shape index (κ1) is 11.8. The normalized spacial score (nSPS) is 16.0. The summed E-state index contributed by atoms with van der Waals surface area (Å²) < 4.78 is 11.4. The van der Waals surface area contributed by atoms with Gasteiger partial charge in [-0.1, -0.05) is 36.4 Å². The highest BCUT2D eigenvalue weighted by molar-refractivity contribution is 5.70. The van der Waals surface area contributed by atoms with E-state index in [1.807, 2.05) is 24.3 Å². The van der Waals surface area contributed by atoms with E-state index in [9.17, 15) is 0 Å². The zero-order chi connectivity index (χ0) is 12.9. The van der Waals surface area contributed by atoms with Gasteiger partial charge >= 0.3 is 0 Å². The van der Waals surface area contributed by atoms with Gasteiger partial charge in [0.25, 0.3) is 0 Å². The van der Waals surface area contributed by atoms with Crippen molar-refractivity contribution < 1.29 is 9.47 Å². The van der Waals surface area contributed by atoms with Crippen LogP contribution in [0.4, 0.5) is 0 Å². The van der Waals surface area contributed by atoms with Crippen molar-refractivity contribution in [2.45, 2.75) is 6.42 Å². The lowest BCUT2D eigenvalue weighted by Gasteiger charge is -2.08. The Morgan fingerprint density at radius 2 is 1.21 bits per heavy atom. The molecule has 4 bridgehead atoms.